The van der Waals surface area contributed by atoms with Crippen molar-refractivity contribution in [1.82, 2.24) is 4.57 Å². The summed E-state index contributed by atoms with van der Waals surface area (Å²) in [7, 11) is -2.56. The van der Waals surface area contributed by atoms with Crippen LogP contribution < -0.4 is 10.4 Å². The van der Waals surface area contributed by atoms with Crippen LogP contribution in [0, 0.1) is 17.2 Å². The molecule has 34 heavy (non-hydrogen) atoms. The summed E-state index contributed by atoms with van der Waals surface area (Å²) in [5, 5.41) is 13.1. The van der Waals surface area contributed by atoms with Crippen LogP contribution in [0.1, 0.15) is 33.3 Å². The maximum absolute atomic E-state index is 9.61. The lowest BCUT2D eigenvalue weighted by atomic mass is 10.2. The van der Waals surface area contributed by atoms with Gasteiger partial charge in [0.15, 0.2) is 0 Å². The lowest BCUT2D eigenvalue weighted by molar-refractivity contribution is 0.232. The summed E-state index contributed by atoms with van der Waals surface area (Å²) in [5.74, 6) is 0.266. The number of fused-ring (bicyclic) bond motifs is 1. The van der Waals surface area contributed by atoms with Gasteiger partial charge < -0.3 is 8.99 Å². The highest BCUT2D eigenvalue weighted by Crippen LogP contribution is 2.37. The molecule has 174 valence electrons. The van der Waals surface area contributed by atoms with Crippen LogP contribution in [0.15, 0.2) is 89.5 Å². The molecule has 0 saturated carbocycles. The highest BCUT2D eigenvalue weighted by molar-refractivity contribution is 9.10. The van der Waals surface area contributed by atoms with Gasteiger partial charge in [-0.2, -0.15) is 5.26 Å². The van der Waals surface area contributed by atoms with Gasteiger partial charge in [-0.05, 0) is 33.5 Å². The lowest BCUT2D eigenvalue weighted by Crippen LogP contribution is -2.66. The van der Waals surface area contributed by atoms with Gasteiger partial charge in [-0.3, -0.25) is 0 Å². The molecule has 0 saturated heterocycles. The van der Waals surface area contributed by atoms with Gasteiger partial charge in [0.2, 0.25) is 0 Å². The van der Waals surface area contributed by atoms with Crippen molar-refractivity contribution >= 4 is 45.5 Å². The Labute approximate surface area is 212 Å². The topological polar surface area (TPSA) is 38.0 Å². The number of halogens is 1. The van der Waals surface area contributed by atoms with Gasteiger partial charge in [-0.1, -0.05) is 110 Å². The second kappa shape index (κ2) is 9.91. The Morgan fingerprint density at radius 1 is 0.971 bits per heavy atom. The van der Waals surface area contributed by atoms with E-state index in [1.165, 1.54) is 10.4 Å². The zero-order chi connectivity index (χ0) is 24.3. The largest absolute Gasteiger partial charge is 0.407 e. The van der Waals surface area contributed by atoms with Crippen molar-refractivity contribution in [2.45, 2.75) is 39.3 Å². The maximum Gasteiger partial charge on any atom is 0.261 e. The quantitative estimate of drug-likeness (QED) is 0.256. The van der Waals surface area contributed by atoms with Crippen LogP contribution in [-0.2, 0) is 11.0 Å². The van der Waals surface area contributed by atoms with Crippen molar-refractivity contribution in [3.8, 4) is 6.07 Å². The van der Waals surface area contributed by atoms with Crippen LogP contribution in [0.4, 0.5) is 0 Å². The summed E-state index contributed by atoms with van der Waals surface area (Å²) >= 11 is 3.58. The molecule has 0 radical (unpaired) electrons. The number of nitrogens with zero attached hydrogens (tertiary/aromatic N) is 2. The van der Waals surface area contributed by atoms with Gasteiger partial charge in [0, 0.05) is 29.2 Å². The summed E-state index contributed by atoms with van der Waals surface area (Å²) in [6, 6.07) is 30.0. The number of hydrogen-bond donors (Lipinski definition) is 0. The van der Waals surface area contributed by atoms with Gasteiger partial charge in [0.05, 0.1) is 11.1 Å². The molecular formula is C29H31BrN2OSi. The van der Waals surface area contributed by atoms with Gasteiger partial charge in [0.25, 0.3) is 8.32 Å². The van der Waals surface area contributed by atoms with Crippen molar-refractivity contribution in [2.75, 3.05) is 6.61 Å². The smallest absolute Gasteiger partial charge is 0.261 e. The molecule has 4 rings (SSSR count). The van der Waals surface area contributed by atoms with Crippen LogP contribution in [0.3, 0.4) is 0 Å². The first kappa shape index (κ1) is 24.5. The molecule has 0 fully saturated rings. The van der Waals surface area contributed by atoms with Crippen molar-refractivity contribution < 1.29 is 4.43 Å². The van der Waals surface area contributed by atoms with E-state index >= 15 is 0 Å². The van der Waals surface area contributed by atoms with Crippen molar-refractivity contribution in [2.24, 2.45) is 5.92 Å². The van der Waals surface area contributed by atoms with Crippen LogP contribution in [0.25, 0.3) is 10.9 Å². The van der Waals surface area contributed by atoms with E-state index in [2.05, 4.69) is 121 Å². The van der Waals surface area contributed by atoms with E-state index < -0.39 is 8.32 Å². The third-order valence-electron chi connectivity index (χ3n) is 6.47. The molecule has 1 aromatic heterocycles. The fourth-order valence-electron chi connectivity index (χ4n) is 4.92. The van der Waals surface area contributed by atoms with Crippen LogP contribution in [-0.4, -0.2) is 19.5 Å². The molecule has 0 bridgehead atoms. The van der Waals surface area contributed by atoms with Gasteiger partial charge in [-0.15, -0.1) is 0 Å². The summed E-state index contributed by atoms with van der Waals surface area (Å²) < 4.78 is 10.3. The number of nitriles is 1. The Balaban J connectivity index is 1.67. The molecular weight excluding hydrogens is 500 g/mol. The molecule has 0 aliphatic rings. The predicted molar refractivity (Wildman–Crippen MR) is 147 cm³/mol. The molecule has 1 heterocycles. The molecule has 4 aromatic rings. The first-order valence-corrected chi connectivity index (χ1v) is 14.4. The maximum atomic E-state index is 9.61. The SMILES string of the molecule is CC(CO[Si](c1ccccc1)(c1ccccc1)C(C)(C)C)Cn1cc(C#N)c2ccc(Br)cc21. The summed E-state index contributed by atoms with van der Waals surface area (Å²) in [5.41, 5.74) is 1.78. The minimum atomic E-state index is -2.56. The fraction of sp³-hybridized carbons (Fsp3) is 0.276. The van der Waals surface area contributed by atoms with Crippen molar-refractivity contribution in [3.63, 3.8) is 0 Å². The Bertz CT molecular complexity index is 1260. The number of hydrogen-bond acceptors (Lipinski definition) is 2. The van der Waals surface area contributed by atoms with Gasteiger partial charge >= 0.3 is 0 Å². The van der Waals surface area contributed by atoms with Crippen molar-refractivity contribution in [3.05, 3.63) is 95.1 Å². The highest BCUT2D eigenvalue weighted by atomic mass is 79.9. The zero-order valence-electron chi connectivity index (χ0n) is 20.3. The third kappa shape index (κ3) is 4.63. The number of rotatable bonds is 7. The van der Waals surface area contributed by atoms with E-state index in [1.54, 1.807) is 0 Å². The third-order valence-corrected chi connectivity index (χ3v) is 12.0. The molecule has 0 spiro atoms. The molecule has 0 aliphatic carbocycles. The lowest BCUT2D eigenvalue weighted by Gasteiger charge is -2.43. The van der Waals surface area contributed by atoms with E-state index in [9.17, 15) is 5.26 Å². The molecule has 3 aromatic carbocycles. The minimum absolute atomic E-state index is 0.0472. The van der Waals surface area contributed by atoms with E-state index in [0.29, 0.717) is 12.2 Å². The first-order valence-electron chi connectivity index (χ1n) is 11.7. The fourth-order valence-corrected chi connectivity index (χ4v) is 9.96. The van der Waals surface area contributed by atoms with E-state index in [1.807, 2.05) is 18.3 Å². The summed E-state index contributed by atoms with van der Waals surface area (Å²) in [6.45, 7) is 10.6. The molecule has 1 unspecified atom stereocenters. The second-order valence-electron chi connectivity index (χ2n) is 10.0. The van der Waals surface area contributed by atoms with E-state index in [0.717, 1.165) is 21.9 Å². The zero-order valence-corrected chi connectivity index (χ0v) is 22.8. The van der Waals surface area contributed by atoms with Crippen molar-refractivity contribution in [1.29, 1.82) is 5.26 Å². The Hall–Kier alpha value is -2.65. The van der Waals surface area contributed by atoms with Gasteiger partial charge in [-0.25, -0.2) is 0 Å². The monoisotopic (exact) mass is 530 g/mol. The molecule has 0 amide bonds. The van der Waals surface area contributed by atoms with Gasteiger partial charge in [0.1, 0.15) is 6.07 Å². The molecule has 1 atom stereocenters. The Kier molecular flexibility index (Phi) is 7.13. The average Bonchev–Trinajstić information content (AvgIpc) is 3.16. The van der Waals surface area contributed by atoms with E-state index in [-0.39, 0.29) is 11.0 Å². The van der Waals surface area contributed by atoms with Crippen LogP contribution in [0.2, 0.25) is 5.04 Å². The average molecular weight is 532 g/mol. The minimum Gasteiger partial charge on any atom is -0.407 e. The molecule has 5 heteroatoms. The molecule has 0 N–H and O–H groups in total. The normalized spacial score (nSPS) is 13.1. The highest BCUT2D eigenvalue weighted by Gasteiger charge is 2.50. The standard InChI is InChI=1S/C29H31BrN2OSi/c1-22(19-32-20-23(18-31)27-16-15-24(30)17-28(27)32)21-33-34(29(2,3)4,25-11-7-5-8-12-25)26-13-9-6-10-14-26/h5-17,20,22H,19,21H2,1-4H3. The Morgan fingerprint density at radius 3 is 2.09 bits per heavy atom. The van der Waals surface area contributed by atoms with E-state index in [4.69, 9.17) is 4.43 Å². The summed E-state index contributed by atoms with van der Waals surface area (Å²) in [6.07, 6.45) is 1.97. The van der Waals surface area contributed by atoms with Crippen LogP contribution >= 0.6 is 15.9 Å². The number of benzene rings is 3. The molecule has 3 nitrogen and oxygen atoms in total. The first-order chi connectivity index (χ1) is 16.3. The predicted octanol–water partition coefficient (Wildman–Crippen LogP) is 6.49. The van der Waals surface area contributed by atoms with Crippen LogP contribution in [0.5, 0.6) is 0 Å². The second-order valence-corrected chi connectivity index (χ2v) is 15.3. The number of aromatic nitrogens is 1. The molecule has 0 aliphatic heterocycles. The summed E-state index contributed by atoms with van der Waals surface area (Å²) in [4.78, 5) is 0. The Morgan fingerprint density at radius 2 is 1.56 bits per heavy atom.